The van der Waals surface area contributed by atoms with Crippen LogP contribution in [0.15, 0.2) is 10.7 Å². The Morgan fingerprint density at radius 1 is 1.67 bits per heavy atom. The van der Waals surface area contributed by atoms with Crippen molar-refractivity contribution in [2.45, 2.75) is 6.61 Å². The number of ether oxygens (including phenoxy) is 2. The molecular formula is C7H9NO4. The molecule has 0 N–H and O–H groups in total. The van der Waals surface area contributed by atoms with E-state index in [4.69, 9.17) is 9.26 Å². The van der Waals surface area contributed by atoms with Gasteiger partial charge in [0, 0.05) is 7.11 Å². The molecule has 0 fully saturated rings. The minimum Gasteiger partial charge on any atom is -0.465 e. The minimum absolute atomic E-state index is 0.213. The Bertz CT molecular complexity index is 268. The second-order valence-electron chi connectivity index (χ2n) is 2.09. The van der Waals surface area contributed by atoms with Crippen molar-refractivity contribution in [3.63, 3.8) is 0 Å². The fourth-order valence-electron chi connectivity index (χ4n) is 0.776. The lowest BCUT2D eigenvalue weighted by molar-refractivity contribution is 0.0592. The van der Waals surface area contributed by atoms with Crippen LogP contribution < -0.4 is 0 Å². The average molecular weight is 171 g/mol. The minimum atomic E-state index is -0.469. The third-order valence-electron chi connectivity index (χ3n) is 1.33. The number of nitrogens with zero attached hydrogens (tertiary/aromatic N) is 1. The lowest BCUT2D eigenvalue weighted by Gasteiger charge is -1.96. The quantitative estimate of drug-likeness (QED) is 0.623. The molecule has 0 amide bonds. The molecule has 0 unspecified atom stereocenters. The Labute approximate surface area is 69.2 Å². The molecule has 0 spiro atoms. The van der Waals surface area contributed by atoms with Gasteiger partial charge in [0.15, 0.2) is 5.76 Å². The van der Waals surface area contributed by atoms with E-state index >= 15 is 0 Å². The summed E-state index contributed by atoms with van der Waals surface area (Å²) >= 11 is 0. The van der Waals surface area contributed by atoms with Crippen molar-refractivity contribution in [2.24, 2.45) is 0 Å². The SMILES string of the molecule is COCc1oncc1C(=O)OC. The van der Waals surface area contributed by atoms with Gasteiger partial charge in [-0.05, 0) is 0 Å². The molecule has 1 rings (SSSR count). The van der Waals surface area contributed by atoms with Crippen molar-refractivity contribution in [3.05, 3.63) is 17.5 Å². The van der Waals surface area contributed by atoms with Gasteiger partial charge in [-0.1, -0.05) is 5.16 Å². The van der Waals surface area contributed by atoms with Crippen LogP contribution >= 0.6 is 0 Å². The lowest BCUT2D eigenvalue weighted by Crippen LogP contribution is -2.03. The maximum absolute atomic E-state index is 11.0. The molecule has 1 aromatic rings. The molecule has 66 valence electrons. The van der Waals surface area contributed by atoms with Crippen LogP contribution in [0.2, 0.25) is 0 Å². The number of hydrogen-bond donors (Lipinski definition) is 0. The van der Waals surface area contributed by atoms with E-state index in [1.165, 1.54) is 20.4 Å². The monoisotopic (exact) mass is 171 g/mol. The first-order chi connectivity index (χ1) is 5.79. The van der Waals surface area contributed by atoms with E-state index in [1.807, 2.05) is 0 Å². The first-order valence-electron chi connectivity index (χ1n) is 3.30. The number of methoxy groups -OCH3 is 2. The van der Waals surface area contributed by atoms with Gasteiger partial charge in [0.2, 0.25) is 0 Å². The molecule has 0 aliphatic heterocycles. The normalized spacial score (nSPS) is 9.83. The van der Waals surface area contributed by atoms with E-state index in [-0.39, 0.29) is 6.61 Å². The van der Waals surface area contributed by atoms with E-state index < -0.39 is 5.97 Å². The summed E-state index contributed by atoms with van der Waals surface area (Å²) in [6, 6.07) is 0. The molecule has 1 heterocycles. The van der Waals surface area contributed by atoms with Gasteiger partial charge in [0.05, 0.1) is 13.3 Å². The first-order valence-corrected chi connectivity index (χ1v) is 3.30. The molecule has 0 aliphatic carbocycles. The molecule has 0 saturated carbocycles. The fraction of sp³-hybridized carbons (Fsp3) is 0.429. The number of hydrogen-bond acceptors (Lipinski definition) is 5. The third kappa shape index (κ3) is 1.62. The second-order valence-corrected chi connectivity index (χ2v) is 2.09. The zero-order valence-corrected chi connectivity index (χ0v) is 6.86. The molecule has 0 atom stereocenters. The molecule has 0 aromatic carbocycles. The Kier molecular flexibility index (Phi) is 2.82. The smallest absolute Gasteiger partial charge is 0.343 e. The van der Waals surface area contributed by atoms with Crippen molar-refractivity contribution in [1.82, 2.24) is 5.16 Å². The fourth-order valence-corrected chi connectivity index (χ4v) is 0.776. The number of aromatic nitrogens is 1. The van der Waals surface area contributed by atoms with Gasteiger partial charge in [0.25, 0.3) is 0 Å². The maximum atomic E-state index is 11.0. The second kappa shape index (κ2) is 3.87. The van der Waals surface area contributed by atoms with Crippen molar-refractivity contribution >= 4 is 5.97 Å². The molecular weight excluding hydrogens is 162 g/mol. The van der Waals surface area contributed by atoms with Crippen molar-refractivity contribution < 1.29 is 18.8 Å². The van der Waals surface area contributed by atoms with Crippen LogP contribution in [0.3, 0.4) is 0 Å². The van der Waals surface area contributed by atoms with E-state index in [1.54, 1.807) is 0 Å². The van der Waals surface area contributed by atoms with Gasteiger partial charge in [-0.2, -0.15) is 0 Å². The molecule has 0 bridgehead atoms. The van der Waals surface area contributed by atoms with Crippen LogP contribution in [-0.2, 0) is 16.1 Å². The molecule has 1 aromatic heterocycles. The van der Waals surface area contributed by atoms with Crippen molar-refractivity contribution in [1.29, 1.82) is 0 Å². The van der Waals surface area contributed by atoms with E-state index in [0.29, 0.717) is 11.3 Å². The zero-order chi connectivity index (χ0) is 8.97. The van der Waals surface area contributed by atoms with E-state index in [2.05, 4.69) is 9.89 Å². The highest BCUT2D eigenvalue weighted by molar-refractivity contribution is 5.89. The summed E-state index contributed by atoms with van der Waals surface area (Å²) in [5.41, 5.74) is 0.305. The van der Waals surface area contributed by atoms with Crippen LogP contribution in [0.4, 0.5) is 0 Å². The van der Waals surface area contributed by atoms with Gasteiger partial charge < -0.3 is 14.0 Å². The number of carbonyl (C=O) groups is 1. The maximum Gasteiger partial charge on any atom is 0.343 e. The highest BCUT2D eigenvalue weighted by Gasteiger charge is 2.15. The topological polar surface area (TPSA) is 61.6 Å². The molecule has 0 aliphatic rings. The predicted octanol–water partition coefficient (Wildman–Crippen LogP) is 0.608. The number of carbonyl (C=O) groups excluding carboxylic acids is 1. The standard InChI is InChI=1S/C7H9NO4/c1-10-4-6-5(3-8-12-6)7(9)11-2/h3H,4H2,1-2H3. The molecule has 0 radical (unpaired) electrons. The molecule has 0 saturated heterocycles. The number of rotatable bonds is 3. The summed E-state index contributed by atoms with van der Waals surface area (Å²) in [5.74, 6) is -0.0901. The van der Waals surface area contributed by atoms with Crippen LogP contribution in [0, 0.1) is 0 Å². The van der Waals surface area contributed by atoms with Gasteiger partial charge in [-0.25, -0.2) is 4.79 Å². The van der Waals surface area contributed by atoms with Gasteiger partial charge in [0.1, 0.15) is 12.2 Å². The molecule has 5 heteroatoms. The van der Waals surface area contributed by atoms with Crippen LogP contribution in [0.1, 0.15) is 16.1 Å². The largest absolute Gasteiger partial charge is 0.465 e. The first kappa shape index (κ1) is 8.73. The van der Waals surface area contributed by atoms with Crippen LogP contribution in [0.5, 0.6) is 0 Å². The Hall–Kier alpha value is -1.36. The van der Waals surface area contributed by atoms with Gasteiger partial charge in [-0.3, -0.25) is 0 Å². The summed E-state index contributed by atoms with van der Waals surface area (Å²) < 4.78 is 14.0. The summed E-state index contributed by atoms with van der Waals surface area (Å²) in [4.78, 5) is 11.0. The Morgan fingerprint density at radius 3 is 3.00 bits per heavy atom. The van der Waals surface area contributed by atoms with Gasteiger partial charge in [-0.15, -0.1) is 0 Å². The summed E-state index contributed by atoms with van der Waals surface area (Å²) in [7, 11) is 2.80. The van der Waals surface area contributed by atoms with E-state index in [0.717, 1.165) is 0 Å². The third-order valence-corrected chi connectivity index (χ3v) is 1.33. The summed E-state index contributed by atoms with van der Waals surface area (Å²) in [5, 5.41) is 3.45. The average Bonchev–Trinajstić information content (AvgIpc) is 2.52. The summed E-state index contributed by atoms with van der Waals surface area (Å²) in [6.45, 7) is 0.213. The van der Waals surface area contributed by atoms with Crippen LogP contribution in [0.25, 0.3) is 0 Å². The van der Waals surface area contributed by atoms with Crippen molar-refractivity contribution in [2.75, 3.05) is 14.2 Å². The zero-order valence-electron chi connectivity index (χ0n) is 6.86. The Morgan fingerprint density at radius 2 is 2.42 bits per heavy atom. The molecule has 12 heavy (non-hydrogen) atoms. The molecule has 5 nitrogen and oxygen atoms in total. The highest BCUT2D eigenvalue weighted by atomic mass is 16.5. The summed E-state index contributed by atoms with van der Waals surface area (Å²) in [6.07, 6.45) is 1.31. The predicted molar refractivity (Wildman–Crippen MR) is 38.6 cm³/mol. The van der Waals surface area contributed by atoms with Crippen LogP contribution in [-0.4, -0.2) is 25.3 Å². The lowest BCUT2D eigenvalue weighted by atomic mass is 10.3. The highest BCUT2D eigenvalue weighted by Crippen LogP contribution is 2.09. The van der Waals surface area contributed by atoms with Gasteiger partial charge >= 0.3 is 5.97 Å². The van der Waals surface area contributed by atoms with E-state index in [9.17, 15) is 4.79 Å². The van der Waals surface area contributed by atoms with Crippen molar-refractivity contribution in [3.8, 4) is 0 Å². The number of esters is 1. The Balaban J connectivity index is 2.83.